The molecule has 0 amide bonds. The molecule has 1 heterocycles. The number of aromatic hydroxyl groups is 2. The van der Waals surface area contributed by atoms with E-state index in [9.17, 15) is 14.6 Å². The van der Waals surface area contributed by atoms with Gasteiger partial charge in [0.1, 0.15) is 0 Å². The van der Waals surface area contributed by atoms with Crippen LogP contribution in [0.25, 0.3) is 11.0 Å². The van der Waals surface area contributed by atoms with Crippen LogP contribution in [-0.2, 0) is 0 Å². The van der Waals surface area contributed by atoms with Gasteiger partial charge in [0.25, 0.3) is 0 Å². The molecule has 0 saturated heterocycles. The van der Waals surface area contributed by atoms with E-state index in [2.05, 4.69) is 0 Å². The summed E-state index contributed by atoms with van der Waals surface area (Å²) in [6.07, 6.45) is 0. The predicted octanol–water partition coefficient (Wildman–Crippen LogP) is 2.25. The van der Waals surface area contributed by atoms with Crippen LogP contribution in [0.1, 0.15) is 0 Å². The Morgan fingerprint density at radius 2 is 2.00 bits per heavy atom. The second-order valence-corrected chi connectivity index (χ2v) is 3.55. The summed E-state index contributed by atoms with van der Waals surface area (Å²) in [7, 11) is 1.43. The van der Waals surface area contributed by atoms with Crippen molar-refractivity contribution in [3.63, 3.8) is 0 Å². The maximum atomic E-state index is 13.3. The van der Waals surface area contributed by atoms with Gasteiger partial charge < -0.3 is 0 Å². The van der Waals surface area contributed by atoms with Gasteiger partial charge in [0, 0.05) is 0 Å². The normalized spacial score (nSPS) is 10.0. The van der Waals surface area contributed by atoms with E-state index in [0.717, 1.165) is 0 Å². The molecule has 0 aliphatic rings. The fourth-order valence-electron chi connectivity index (χ4n) is 1.60. The van der Waals surface area contributed by atoms with Crippen molar-refractivity contribution in [3.05, 3.63) is 36.0 Å². The Bertz CT molecular complexity index is 557. The Morgan fingerprint density at radius 1 is 1.24 bits per heavy atom. The molecule has 1 aromatic heterocycles. The van der Waals surface area contributed by atoms with E-state index < -0.39 is 5.82 Å². The molecule has 2 rings (SSSR count). The zero-order valence-corrected chi connectivity index (χ0v) is 9.14. The molecule has 0 atom stereocenters. The van der Waals surface area contributed by atoms with Crippen LogP contribution in [0.3, 0.4) is 0 Å². The van der Waals surface area contributed by atoms with Gasteiger partial charge in [0.05, 0.1) is 0 Å². The molecule has 0 unspecified atom stereocenters. The van der Waals surface area contributed by atoms with E-state index in [1.54, 1.807) is 18.9 Å². The van der Waals surface area contributed by atoms with Crippen LogP contribution >= 0.6 is 0 Å². The van der Waals surface area contributed by atoms with Gasteiger partial charge in [0.15, 0.2) is 0 Å². The molecule has 3 nitrogen and oxygen atoms in total. The summed E-state index contributed by atoms with van der Waals surface area (Å²) in [5, 5.41) is 19.1. The Hall–Kier alpha value is -2.04. The van der Waals surface area contributed by atoms with Gasteiger partial charge in [-0.15, -0.1) is 0 Å². The SMILES string of the molecule is COc1cc(F)cc(-c2bccc(O)c2O)c1. The first-order chi connectivity index (χ1) is 8.11. The van der Waals surface area contributed by atoms with E-state index >= 15 is 0 Å². The van der Waals surface area contributed by atoms with Crippen molar-refractivity contribution in [1.82, 2.24) is 0 Å². The van der Waals surface area contributed by atoms with E-state index in [1.165, 1.54) is 25.3 Å². The fraction of sp³-hybridized carbons (Fsp3) is 0.0833. The van der Waals surface area contributed by atoms with E-state index in [0.29, 0.717) is 16.8 Å². The monoisotopic (exact) mass is 232 g/mol. The average molecular weight is 232 g/mol. The Kier molecular flexibility index (Phi) is 3.00. The van der Waals surface area contributed by atoms with Crippen LogP contribution in [0, 0.1) is 5.82 Å². The third-order valence-corrected chi connectivity index (χ3v) is 2.43. The van der Waals surface area contributed by atoms with Crippen molar-refractivity contribution in [2.75, 3.05) is 7.11 Å². The fourth-order valence-corrected chi connectivity index (χ4v) is 1.60. The molecule has 2 N–H and O–H groups in total. The second kappa shape index (κ2) is 4.45. The van der Waals surface area contributed by atoms with Crippen LogP contribution in [0.15, 0.2) is 30.2 Å². The first kappa shape index (κ1) is 11.5. The van der Waals surface area contributed by atoms with Crippen LogP contribution in [0.4, 0.5) is 4.39 Å². The molecule has 86 valence electrons. The van der Waals surface area contributed by atoms with Crippen LogP contribution in [-0.4, -0.2) is 24.2 Å². The number of hydrogen-bond donors (Lipinski definition) is 2. The van der Waals surface area contributed by atoms with Crippen LogP contribution < -0.4 is 4.74 Å². The zero-order valence-electron chi connectivity index (χ0n) is 9.14. The molecule has 0 bridgehead atoms. The second-order valence-electron chi connectivity index (χ2n) is 3.55. The van der Waals surface area contributed by atoms with Gasteiger partial charge in [-0.3, -0.25) is 0 Å². The van der Waals surface area contributed by atoms with Crippen molar-refractivity contribution in [2.24, 2.45) is 0 Å². The maximum absolute atomic E-state index is 13.3. The molecule has 0 aliphatic carbocycles. The van der Waals surface area contributed by atoms with Crippen molar-refractivity contribution in [2.45, 2.75) is 0 Å². The average Bonchev–Trinajstić information content (AvgIpc) is 2.31. The molecule has 0 fully saturated rings. The van der Waals surface area contributed by atoms with Gasteiger partial charge >= 0.3 is 97.7 Å². The topological polar surface area (TPSA) is 49.7 Å². The summed E-state index contributed by atoms with van der Waals surface area (Å²) in [6.45, 7) is 1.59. The van der Waals surface area contributed by atoms with Gasteiger partial charge in [0.2, 0.25) is 0 Å². The van der Waals surface area contributed by atoms with E-state index in [-0.39, 0.29) is 11.5 Å². The minimum atomic E-state index is -0.470. The molecule has 17 heavy (non-hydrogen) atoms. The van der Waals surface area contributed by atoms with Crippen molar-refractivity contribution in [1.29, 1.82) is 0 Å². The number of methoxy groups -OCH3 is 1. The van der Waals surface area contributed by atoms with Crippen molar-refractivity contribution < 1.29 is 19.3 Å². The third-order valence-electron chi connectivity index (χ3n) is 2.43. The van der Waals surface area contributed by atoms with Crippen LogP contribution in [0.2, 0.25) is 0 Å². The van der Waals surface area contributed by atoms with Crippen LogP contribution in [0.5, 0.6) is 17.2 Å². The first-order valence-electron chi connectivity index (χ1n) is 4.97. The van der Waals surface area contributed by atoms with E-state index in [4.69, 9.17) is 4.74 Å². The Labute approximate surface area is 98.3 Å². The number of ether oxygens (including phenoxy) is 1. The molecule has 2 aromatic rings. The first-order valence-corrected chi connectivity index (χ1v) is 4.97. The van der Waals surface area contributed by atoms with Gasteiger partial charge in [-0.2, -0.15) is 0 Å². The van der Waals surface area contributed by atoms with Gasteiger partial charge in [-0.25, -0.2) is 0 Å². The standard InChI is InChI=1S/C12H10BFO3/c1-17-9-5-7(4-8(14)6-9)11-12(16)10(15)2-3-13-11/h2-6,15-16H,1H3. The quantitative estimate of drug-likeness (QED) is 0.834. The van der Waals surface area contributed by atoms with E-state index in [1.807, 2.05) is 0 Å². The molecule has 0 spiro atoms. The van der Waals surface area contributed by atoms with Gasteiger partial charge in [-0.1, -0.05) is 0 Å². The molecular weight excluding hydrogens is 222 g/mol. The number of benzene rings is 1. The summed E-state index contributed by atoms with van der Waals surface area (Å²) < 4.78 is 18.3. The zero-order chi connectivity index (χ0) is 12.4. The summed E-state index contributed by atoms with van der Waals surface area (Å²) in [5.41, 5.74) is 0.790. The number of rotatable bonds is 2. The Morgan fingerprint density at radius 3 is 2.71 bits per heavy atom. The molecular formula is C12H10BFO3. The summed E-state index contributed by atoms with van der Waals surface area (Å²) in [5.74, 6) is 0.928. The minimum absolute atomic E-state index is 0.245. The number of halogens is 1. The predicted molar refractivity (Wildman–Crippen MR) is 63.1 cm³/mol. The summed E-state index contributed by atoms with van der Waals surface area (Å²) in [4.78, 5) is 0. The van der Waals surface area contributed by atoms with Crippen molar-refractivity contribution >= 4 is 6.91 Å². The molecule has 0 radical (unpaired) electrons. The summed E-state index contributed by atoms with van der Waals surface area (Å²) >= 11 is 0. The van der Waals surface area contributed by atoms with Crippen molar-refractivity contribution in [3.8, 4) is 28.3 Å². The third kappa shape index (κ3) is 2.23. The molecule has 5 heteroatoms. The molecule has 0 aliphatic heterocycles. The van der Waals surface area contributed by atoms with Gasteiger partial charge in [-0.05, 0) is 0 Å². The summed E-state index contributed by atoms with van der Waals surface area (Å²) in [6, 6.07) is 5.44. The number of hydrogen-bond acceptors (Lipinski definition) is 3. The molecule has 1 aromatic carbocycles. The molecule has 0 saturated carbocycles. The Balaban J connectivity index is 2.60.